The van der Waals surface area contributed by atoms with Crippen molar-refractivity contribution < 1.29 is 4.74 Å². The van der Waals surface area contributed by atoms with Crippen LogP contribution in [0.4, 0.5) is 0 Å². The molecule has 0 N–H and O–H groups in total. The summed E-state index contributed by atoms with van der Waals surface area (Å²) in [7, 11) is 0. The Morgan fingerprint density at radius 2 is 2.05 bits per heavy atom. The molecule has 98 valence electrons. The predicted molar refractivity (Wildman–Crippen MR) is 76.1 cm³/mol. The summed E-state index contributed by atoms with van der Waals surface area (Å²) in [6, 6.07) is 12.5. The molecule has 0 unspecified atom stereocenters. The summed E-state index contributed by atoms with van der Waals surface area (Å²) < 4.78 is 5.79. The minimum Gasteiger partial charge on any atom is -0.476 e. The lowest BCUT2D eigenvalue weighted by atomic mass is 10.0. The number of aromatic nitrogens is 1. The Hall–Kier alpha value is -1.87. The summed E-state index contributed by atoms with van der Waals surface area (Å²) in [5.74, 6) is 0.789. The highest BCUT2D eigenvalue weighted by Gasteiger charge is 2.18. The zero-order chi connectivity index (χ0) is 13.1. The fraction of sp³-hybridized carbons (Fsp3) is 0.312. The molecule has 0 atom stereocenters. The van der Waals surface area contributed by atoms with Crippen LogP contribution in [0.3, 0.4) is 0 Å². The Kier molecular flexibility index (Phi) is 3.47. The molecule has 0 spiro atoms. The number of fused-ring (bicyclic) bond motifs is 1. The van der Waals surface area contributed by atoms with Crippen molar-refractivity contribution in [2.75, 3.05) is 19.7 Å². The molecule has 2 heterocycles. The average molecular weight is 254 g/mol. The van der Waals surface area contributed by atoms with E-state index in [-0.39, 0.29) is 0 Å². The number of hydrogen-bond donors (Lipinski definition) is 0. The lowest BCUT2D eigenvalue weighted by molar-refractivity contribution is 0.231. The summed E-state index contributed by atoms with van der Waals surface area (Å²) >= 11 is 0. The van der Waals surface area contributed by atoms with Crippen molar-refractivity contribution in [2.45, 2.75) is 13.5 Å². The second kappa shape index (κ2) is 5.41. The van der Waals surface area contributed by atoms with Gasteiger partial charge < -0.3 is 4.74 Å². The van der Waals surface area contributed by atoms with Gasteiger partial charge in [0.2, 0.25) is 5.88 Å². The number of likely N-dealkylation sites (N-methyl/N-ethyl adjacent to an activating group) is 1. The first-order valence-electron chi connectivity index (χ1n) is 6.77. The molecule has 0 radical (unpaired) electrons. The van der Waals surface area contributed by atoms with Gasteiger partial charge in [0.1, 0.15) is 6.61 Å². The van der Waals surface area contributed by atoms with E-state index in [4.69, 9.17) is 4.74 Å². The summed E-state index contributed by atoms with van der Waals surface area (Å²) in [5, 5.41) is 0. The van der Waals surface area contributed by atoms with Crippen LogP contribution in [0.15, 0.2) is 42.6 Å². The number of pyridine rings is 1. The van der Waals surface area contributed by atoms with Crippen molar-refractivity contribution in [3.05, 3.63) is 48.2 Å². The third-order valence-electron chi connectivity index (χ3n) is 3.58. The van der Waals surface area contributed by atoms with E-state index >= 15 is 0 Å². The van der Waals surface area contributed by atoms with Crippen LogP contribution in [0, 0.1) is 0 Å². The molecule has 1 aliphatic rings. The van der Waals surface area contributed by atoms with Crippen molar-refractivity contribution in [1.82, 2.24) is 9.88 Å². The van der Waals surface area contributed by atoms with Gasteiger partial charge in [0.05, 0.1) is 0 Å². The Morgan fingerprint density at radius 1 is 1.21 bits per heavy atom. The van der Waals surface area contributed by atoms with E-state index in [9.17, 15) is 0 Å². The fourth-order valence-electron chi connectivity index (χ4n) is 2.48. The van der Waals surface area contributed by atoms with Gasteiger partial charge in [-0.2, -0.15) is 0 Å². The van der Waals surface area contributed by atoms with Crippen LogP contribution in [0.2, 0.25) is 0 Å². The minimum atomic E-state index is 0.714. The molecule has 0 saturated heterocycles. The molecule has 2 aromatic rings. The zero-order valence-electron chi connectivity index (χ0n) is 11.2. The third-order valence-corrected chi connectivity index (χ3v) is 3.58. The fourth-order valence-corrected chi connectivity index (χ4v) is 2.48. The van der Waals surface area contributed by atoms with Gasteiger partial charge in [0.25, 0.3) is 0 Å². The highest BCUT2D eigenvalue weighted by atomic mass is 16.5. The molecule has 0 aliphatic carbocycles. The van der Waals surface area contributed by atoms with E-state index in [1.54, 1.807) is 0 Å². The maximum Gasteiger partial charge on any atom is 0.218 e. The molecule has 1 aromatic carbocycles. The first kappa shape index (κ1) is 12.2. The SMILES string of the molecule is CCN1CCOc2nccc(-c3ccccc3)c2C1. The van der Waals surface area contributed by atoms with Crippen molar-refractivity contribution in [3.8, 4) is 17.0 Å². The van der Waals surface area contributed by atoms with Gasteiger partial charge in [0.15, 0.2) is 0 Å². The molecular weight excluding hydrogens is 236 g/mol. The molecule has 0 saturated carbocycles. The van der Waals surface area contributed by atoms with Gasteiger partial charge in [-0.25, -0.2) is 4.98 Å². The number of ether oxygens (including phenoxy) is 1. The minimum absolute atomic E-state index is 0.714. The lowest BCUT2D eigenvalue weighted by Crippen LogP contribution is -2.25. The van der Waals surface area contributed by atoms with E-state index in [1.165, 1.54) is 16.7 Å². The van der Waals surface area contributed by atoms with Gasteiger partial charge in [0, 0.05) is 24.8 Å². The smallest absolute Gasteiger partial charge is 0.218 e. The van der Waals surface area contributed by atoms with Crippen LogP contribution >= 0.6 is 0 Å². The Balaban J connectivity index is 2.07. The van der Waals surface area contributed by atoms with Gasteiger partial charge >= 0.3 is 0 Å². The topological polar surface area (TPSA) is 25.4 Å². The summed E-state index contributed by atoms with van der Waals surface area (Å²) in [4.78, 5) is 6.77. The second-order valence-corrected chi connectivity index (χ2v) is 4.73. The van der Waals surface area contributed by atoms with Crippen LogP contribution in [0.5, 0.6) is 5.88 Å². The number of nitrogens with zero attached hydrogens (tertiary/aromatic N) is 2. The largest absolute Gasteiger partial charge is 0.476 e. The van der Waals surface area contributed by atoms with Crippen molar-refractivity contribution in [1.29, 1.82) is 0 Å². The van der Waals surface area contributed by atoms with E-state index in [1.807, 2.05) is 12.3 Å². The van der Waals surface area contributed by atoms with Crippen molar-refractivity contribution in [2.24, 2.45) is 0 Å². The second-order valence-electron chi connectivity index (χ2n) is 4.73. The lowest BCUT2D eigenvalue weighted by Gasteiger charge is -2.18. The maximum atomic E-state index is 5.79. The Labute approximate surface area is 113 Å². The van der Waals surface area contributed by atoms with Crippen LogP contribution in [0.1, 0.15) is 12.5 Å². The molecule has 1 aromatic heterocycles. The van der Waals surface area contributed by atoms with E-state index < -0.39 is 0 Å². The molecule has 0 amide bonds. The van der Waals surface area contributed by atoms with Gasteiger partial charge in [-0.05, 0) is 23.7 Å². The highest BCUT2D eigenvalue weighted by molar-refractivity contribution is 5.68. The monoisotopic (exact) mass is 254 g/mol. The maximum absolute atomic E-state index is 5.79. The predicted octanol–water partition coefficient (Wildman–Crippen LogP) is 2.96. The van der Waals surface area contributed by atoms with Crippen LogP contribution in [-0.4, -0.2) is 29.6 Å². The number of hydrogen-bond acceptors (Lipinski definition) is 3. The van der Waals surface area contributed by atoms with Crippen LogP contribution < -0.4 is 4.74 Å². The standard InChI is InChI=1S/C16H18N2O/c1-2-18-10-11-19-16-15(12-18)14(8-9-17-16)13-6-4-3-5-7-13/h3-9H,2,10-12H2,1H3. The van der Waals surface area contributed by atoms with E-state index in [2.05, 4.69) is 47.1 Å². The quantitative estimate of drug-likeness (QED) is 0.824. The molecule has 0 fully saturated rings. The molecule has 3 heteroatoms. The van der Waals surface area contributed by atoms with Gasteiger partial charge in [-0.1, -0.05) is 37.3 Å². The summed E-state index contributed by atoms with van der Waals surface area (Å²) in [6.07, 6.45) is 1.84. The van der Waals surface area contributed by atoms with Gasteiger partial charge in [-0.3, -0.25) is 4.90 Å². The molecule has 0 bridgehead atoms. The third kappa shape index (κ3) is 2.47. The highest BCUT2D eigenvalue weighted by Crippen LogP contribution is 2.31. The van der Waals surface area contributed by atoms with Crippen LogP contribution in [0.25, 0.3) is 11.1 Å². The number of rotatable bonds is 2. The first-order valence-corrected chi connectivity index (χ1v) is 6.77. The summed E-state index contributed by atoms with van der Waals surface area (Å²) in [5.41, 5.74) is 3.65. The van der Waals surface area contributed by atoms with Gasteiger partial charge in [-0.15, -0.1) is 0 Å². The first-order chi connectivity index (χ1) is 9.38. The normalized spacial score (nSPS) is 15.4. The van der Waals surface area contributed by atoms with E-state index in [0.29, 0.717) is 6.61 Å². The molecule has 3 nitrogen and oxygen atoms in total. The molecule has 19 heavy (non-hydrogen) atoms. The van der Waals surface area contributed by atoms with Crippen molar-refractivity contribution in [3.63, 3.8) is 0 Å². The average Bonchev–Trinajstić information content (AvgIpc) is 2.69. The zero-order valence-corrected chi connectivity index (χ0v) is 11.2. The van der Waals surface area contributed by atoms with Crippen LogP contribution in [-0.2, 0) is 6.54 Å². The molecule has 3 rings (SSSR count). The Morgan fingerprint density at radius 3 is 2.84 bits per heavy atom. The van der Waals surface area contributed by atoms with Crippen molar-refractivity contribution >= 4 is 0 Å². The van der Waals surface area contributed by atoms with E-state index in [0.717, 1.165) is 25.5 Å². The Bertz CT molecular complexity index is 554. The number of benzene rings is 1. The molecular formula is C16H18N2O. The summed E-state index contributed by atoms with van der Waals surface area (Å²) in [6.45, 7) is 5.80. The molecule has 1 aliphatic heterocycles.